The second kappa shape index (κ2) is 8.39. The number of likely N-dealkylation sites (tertiary alicyclic amines) is 1. The van der Waals surface area contributed by atoms with Crippen molar-refractivity contribution in [1.82, 2.24) is 15.2 Å². The highest BCUT2D eigenvalue weighted by Crippen LogP contribution is 2.21. The van der Waals surface area contributed by atoms with Gasteiger partial charge in [-0.3, -0.25) is 14.6 Å². The van der Waals surface area contributed by atoms with E-state index in [1.807, 2.05) is 37.3 Å². The molecule has 1 aromatic heterocycles. The first kappa shape index (κ1) is 19.8. The Balaban J connectivity index is 1.62. The molecule has 28 heavy (non-hydrogen) atoms. The molecule has 1 saturated heterocycles. The summed E-state index contributed by atoms with van der Waals surface area (Å²) in [6.45, 7) is 4.12. The van der Waals surface area contributed by atoms with Gasteiger partial charge in [-0.25, -0.2) is 0 Å². The van der Waals surface area contributed by atoms with Gasteiger partial charge in [-0.1, -0.05) is 30.3 Å². The van der Waals surface area contributed by atoms with Gasteiger partial charge in [0.15, 0.2) is 0 Å². The van der Waals surface area contributed by atoms with Crippen molar-refractivity contribution in [3.8, 4) is 0 Å². The summed E-state index contributed by atoms with van der Waals surface area (Å²) in [5, 5.41) is 13.3. The molecule has 0 bridgehead atoms. The van der Waals surface area contributed by atoms with E-state index in [2.05, 4.69) is 10.3 Å². The fourth-order valence-electron chi connectivity index (χ4n) is 3.58. The number of carbonyl (C=O) groups excluding carboxylic acids is 2. The Morgan fingerprint density at radius 3 is 2.75 bits per heavy atom. The first-order chi connectivity index (χ1) is 13.4. The summed E-state index contributed by atoms with van der Waals surface area (Å²) in [5.74, 6) is -0.591. The van der Waals surface area contributed by atoms with Crippen molar-refractivity contribution in [2.45, 2.75) is 44.9 Å². The minimum absolute atomic E-state index is 0.201. The summed E-state index contributed by atoms with van der Waals surface area (Å²) in [4.78, 5) is 31.0. The van der Waals surface area contributed by atoms with Crippen LogP contribution in [0.15, 0.2) is 42.6 Å². The number of pyridine rings is 1. The summed E-state index contributed by atoms with van der Waals surface area (Å²) in [6, 6.07) is 10.6. The SMILES string of the molecule is Cc1nccc(C(=O)N[C@@H]2CCN(C(=O)C(O)Cc3ccccc3)[C@@H]2C)c1N. The molecule has 2 aromatic rings. The molecule has 0 aliphatic carbocycles. The summed E-state index contributed by atoms with van der Waals surface area (Å²) in [5.41, 5.74) is 8.21. The number of aromatic nitrogens is 1. The van der Waals surface area contributed by atoms with E-state index in [1.165, 1.54) is 0 Å². The molecule has 1 aromatic carbocycles. The van der Waals surface area contributed by atoms with E-state index in [0.29, 0.717) is 29.9 Å². The van der Waals surface area contributed by atoms with Crippen molar-refractivity contribution >= 4 is 17.5 Å². The van der Waals surface area contributed by atoms with Crippen molar-refractivity contribution in [2.24, 2.45) is 0 Å². The Labute approximate surface area is 164 Å². The van der Waals surface area contributed by atoms with E-state index >= 15 is 0 Å². The second-order valence-electron chi connectivity index (χ2n) is 7.20. The maximum Gasteiger partial charge on any atom is 0.253 e. The fraction of sp³-hybridized carbons (Fsp3) is 0.381. The maximum atomic E-state index is 12.7. The molecule has 2 heterocycles. The van der Waals surface area contributed by atoms with Crippen molar-refractivity contribution in [3.05, 3.63) is 59.4 Å². The lowest BCUT2D eigenvalue weighted by Crippen LogP contribution is -2.48. The molecule has 2 amide bonds. The van der Waals surface area contributed by atoms with E-state index in [0.717, 1.165) is 5.56 Å². The van der Waals surface area contributed by atoms with E-state index in [9.17, 15) is 14.7 Å². The summed E-state index contributed by atoms with van der Waals surface area (Å²) in [7, 11) is 0. The summed E-state index contributed by atoms with van der Waals surface area (Å²) >= 11 is 0. The molecule has 1 aliphatic heterocycles. The number of aliphatic hydroxyl groups is 1. The molecule has 3 atom stereocenters. The van der Waals surface area contributed by atoms with Crippen LogP contribution < -0.4 is 11.1 Å². The molecule has 3 rings (SSSR count). The largest absolute Gasteiger partial charge is 0.397 e. The summed E-state index contributed by atoms with van der Waals surface area (Å²) in [6.07, 6.45) is 1.35. The second-order valence-corrected chi connectivity index (χ2v) is 7.20. The van der Waals surface area contributed by atoms with Crippen LogP contribution in [0.1, 0.15) is 35.0 Å². The van der Waals surface area contributed by atoms with Crippen LogP contribution >= 0.6 is 0 Å². The maximum absolute atomic E-state index is 12.7. The van der Waals surface area contributed by atoms with E-state index < -0.39 is 6.10 Å². The minimum Gasteiger partial charge on any atom is -0.397 e. The number of nitrogen functional groups attached to an aromatic ring is 1. The number of hydrogen-bond donors (Lipinski definition) is 3. The van der Waals surface area contributed by atoms with Gasteiger partial charge in [0.25, 0.3) is 11.8 Å². The van der Waals surface area contributed by atoms with Gasteiger partial charge in [0, 0.05) is 25.2 Å². The van der Waals surface area contributed by atoms with Crippen LogP contribution in [0.25, 0.3) is 0 Å². The van der Waals surface area contributed by atoms with Crippen LogP contribution in [0.2, 0.25) is 0 Å². The standard InChI is InChI=1S/C21H26N4O3/c1-13-19(22)16(8-10-23-13)20(27)24-17-9-11-25(14(17)2)21(28)18(26)12-15-6-4-3-5-7-15/h3-8,10,14,17-18,26H,9,11-12,22H2,1-2H3,(H,24,27)/t14-,17-,18?/m1/s1. The predicted octanol–water partition coefficient (Wildman–Crippen LogP) is 1.30. The van der Waals surface area contributed by atoms with E-state index in [-0.39, 0.29) is 30.3 Å². The van der Waals surface area contributed by atoms with Crippen molar-refractivity contribution < 1.29 is 14.7 Å². The van der Waals surface area contributed by atoms with Crippen molar-refractivity contribution in [2.75, 3.05) is 12.3 Å². The number of hydrogen-bond acceptors (Lipinski definition) is 5. The quantitative estimate of drug-likeness (QED) is 0.722. The molecule has 1 unspecified atom stereocenters. The Kier molecular flexibility index (Phi) is 5.94. The number of nitrogens with two attached hydrogens (primary N) is 1. The average molecular weight is 382 g/mol. The number of aliphatic hydroxyl groups excluding tert-OH is 1. The first-order valence-electron chi connectivity index (χ1n) is 9.43. The van der Waals surface area contributed by atoms with Crippen LogP contribution in [0.4, 0.5) is 5.69 Å². The topological polar surface area (TPSA) is 109 Å². The average Bonchev–Trinajstić information content (AvgIpc) is 3.04. The highest BCUT2D eigenvalue weighted by Gasteiger charge is 2.37. The van der Waals surface area contributed by atoms with Gasteiger partial charge >= 0.3 is 0 Å². The third-order valence-electron chi connectivity index (χ3n) is 5.35. The van der Waals surface area contributed by atoms with Gasteiger partial charge in [0.1, 0.15) is 6.10 Å². The molecule has 1 fully saturated rings. The number of benzene rings is 1. The third kappa shape index (κ3) is 4.14. The van der Waals surface area contributed by atoms with Crippen molar-refractivity contribution in [1.29, 1.82) is 0 Å². The number of nitrogens with zero attached hydrogens (tertiary/aromatic N) is 2. The van der Waals surface area contributed by atoms with Crippen LogP contribution in [-0.4, -0.2) is 51.5 Å². The Hall–Kier alpha value is -2.93. The normalized spacial score (nSPS) is 20.0. The Morgan fingerprint density at radius 2 is 2.04 bits per heavy atom. The first-order valence-corrected chi connectivity index (χ1v) is 9.43. The van der Waals surface area contributed by atoms with Gasteiger partial charge < -0.3 is 21.1 Å². The number of aryl methyl sites for hydroxylation is 1. The monoisotopic (exact) mass is 382 g/mol. The molecule has 0 spiro atoms. The number of rotatable bonds is 5. The smallest absolute Gasteiger partial charge is 0.253 e. The molecule has 148 valence electrons. The molecule has 7 nitrogen and oxygen atoms in total. The highest BCUT2D eigenvalue weighted by molar-refractivity contribution is 5.99. The molecule has 0 radical (unpaired) electrons. The number of carbonyl (C=O) groups is 2. The lowest BCUT2D eigenvalue weighted by atomic mass is 10.1. The van der Waals surface area contributed by atoms with Crippen molar-refractivity contribution in [3.63, 3.8) is 0 Å². The van der Waals surface area contributed by atoms with Crippen LogP contribution in [0, 0.1) is 6.92 Å². The zero-order valence-corrected chi connectivity index (χ0v) is 16.1. The number of amides is 2. The molecular formula is C21H26N4O3. The zero-order chi connectivity index (χ0) is 20.3. The highest BCUT2D eigenvalue weighted by atomic mass is 16.3. The zero-order valence-electron chi connectivity index (χ0n) is 16.1. The predicted molar refractivity (Wildman–Crippen MR) is 107 cm³/mol. The third-order valence-corrected chi connectivity index (χ3v) is 5.35. The van der Waals surface area contributed by atoms with Gasteiger partial charge in [-0.05, 0) is 31.9 Å². The fourth-order valence-corrected chi connectivity index (χ4v) is 3.58. The number of anilines is 1. The molecule has 4 N–H and O–H groups in total. The molecule has 1 aliphatic rings. The number of nitrogens with one attached hydrogen (secondary N) is 1. The van der Waals surface area contributed by atoms with Gasteiger partial charge in [0.05, 0.1) is 23.0 Å². The van der Waals surface area contributed by atoms with Crippen LogP contribution in [-0.2, 0) is 11.2 Å². The van der Waals surface area contributed by atoms with Gasteiger partial charge in [-0.15, -0.1) is 0 Å². The van der Waals surface area contributed by atoms with Gasteiger partial charge in [0.2, 0.25) is 0 Å². The lowest BCUT2D eigenvalue weighted by molar-refractivity contribution is -0.140. The van der Waals surface area contributed by atoms with Crippen LogP contribution in [0.5, 0.6) is 0 Å². The van der Waals surface area contributed by atoms with E-state index in [1.54, 1.807) is 24.1 Å². The molecule has 7 heteroatoms. The molecule has 0 saturated carbocycles. The minimum atomic E-state index is -1.10. The molecular weight excluding hydrogens is 356 g/mol. The summed E-state index contributed by atoms with van der Waals surface area (Å²) < 4.78 is 0. The van der Waals surface area contributed by atoms with E-state index in [4.69, 9.17) is 5.73 Å². The Morgan fingerprint density at radius 1 is 1.32 bits per heavy atom. The van der Waals surface area contributed by atoms with Crippen LogP contribution in [0.3, 0.4) is 0 Å². The van der Waals surface area contributed by atoms with Gasteiger partial charge in [-0.2, -0.15) is 0 Å². The Bertz CT molecular complexity index is 856. The lowest BCUT2D eigenvalue weighted by Gasteiger charge is -2.27.